The van der Waals surface area contributed by atoms with Crippen molar-refractivity contribution in [3.63, 3.8) is 0 Å². The third kappa shape index (κ3) is 3.76. The third-order valence-corrected chi connectivity index (χ3v) is 3.90. The highest BCUT2D eigenvalue weighted by molar-refractivity contribution is 6.30. The van der Waals surface area contributed by atoms with Crippen LogP contribution in [0.3, 0.4) is 0 Å². The van der Waals surface area contributed by atoms with Crippen LogP contribution in [0.25, 0.3) is 0 Å². The lowest BCUT2D eigenvalue weighted by Gasteiger charge is -2.21. The average Bonchev–Trinajstić information content (AvgIpc) is 2.86. The first-order valence-corrected chi connectivity index (χ1v) is 7.29. The van der Waals surface area contributed by atoms with Crippen molar-refractivity contribution in [2.45, 2.75) is 12.8 Å². The monoisotopic (exact) mass is 324 g/mol. The molecule has 1 unspecified atom stereocenters. The van der Waals surface area contributed by atoms with Crippen molar-refractivity contribution < 1.29 is 19.5 Å². The van der Waals surface area contributed by atoms with Crippen LogP contribution in [0.1, 0.15) is 12.8 Å². The van der Waals surface area contributed by atoms with E-state index in [0.717, 1.165) is 0 Å². The Morgan fingerprint density at radius 3 is 2.59 bits per heavy atom. The molecule has 1 aromatic carbocycles. The molecule has 0 bridgehead atoms. The summed E-state index contributed by atoms with van der Waals surface area (Å²) in [5, 5.41) is 9.23. The number of nitrogens with zero attached hydrogens (tertiary/aromatic N) is 2. The van der Waals surface area contributed by atoms with E-state index in [4.69, 9.17) is 16.7 Å². The molecule has 6 nitrogen and oxygen atoms in total. The first kappa shape index (κ1) is 16.3. The molecule has 1 atom stereocenters. The zero-order chi connectivity index (χ0) is 16.3. The molecule has 0 radical (unpaired) electrons. The maximum absolute atomic E-state index is 12.3. The van der Waals surface area contributed by atoms with E-state index in [0.29, 0.717) is 17.3 Å². The molecule has 1 aliphatic heterocycles. The topological polar surface area (TPSA) is 77.9 Å². The number of amides is 2. The molecule has 1 aromatic rings. The normalized spacial score (nSPS) is 17.6. The van der Waals surface area contributed by atoms with E-state index in [9.17, 15) is 14.4 Å². The Hall–Kier alpha value is -2.08. The Morgan fingerprint density at radius 2 is 2.00 bits per heavy atom. The minimum atomic E-state index is -0.954. The number of rotatable bonds is 5. The van der Waals surface area contributed by atoms with Crippen LogP contribution in [0, 0.1) is 5.92 Å². The summed E-state index contributed by atoms with van der Waals surface area (Å²) in [4.78, 5) is 37.8. The average molecular weight is 325 g/mol. The molecular weight excluding hydrogens is 308 g/mol. The number of halogens is 1. The highest BCUT2D eigenvalue weighted by atomic mass is 35.5. The van der Waals surface area contributed by atoms with E-state index < -0.39 is 11.9 Å². The van der Waals surface area contributed by atoms with Crippen LogP contribution in [-0.2, 0) is 14.4 Å². The first-order valence-electron chi connectivity index (χ1n) is 6.91. The molecule has 1 fully saturated rings. The van der Waals surface area contributed by atoms with Crippen LogP contribution >= 0.6 is 11.6 Å². The molecule has 2 rings (SSSR count). The standard InChI is InChI=1S/C15H17ClN2O4/c1-17(7-6-14(20)21)15(22)10-8-13(19)18(9-10)12-4-2-11(16)3-5-12/h2-5,10H,6-9H2,1H3,(H,20,21). The molecule has 0 spiro atoms. The Kier molecular flexibility index (Phi) is 5.03. The Balaban J connectivity index is 2.00. The molecule has 7 heteroatoms. The largest absolute Gasteiger partial charge is 0.481 e. The number of carbonyl (C=O) groups excluding carboxylic acids is 2. The lowest BCUT2D eigenvalue weighted by atomic mass is 10.1. The van der Waals surface area contributed by atoms with Crippen molar-refractivity contribution >= 4 is 35.1 Å². The highest BCUT2D eigenvalue weighted by Gasteiger charge is 2.36. The molecule has 0 aromatic heterocycles. The number of benzene rings is 1. The number of aliphatic carboxylic acids is 1. The molecule has 1 saturated heterocycles. The number of carbonyl (C=O) groups is 3. The number of hydrogen-bond donors (Lipinski definition) is 1. The van der Waals surface area contributed by atoms with E-state index in [1.165, 1.54) is 4.90 Å². The van der Waals surface area contributed by atoms with Crippen molar-refractivity contribution in [2.24, 2.45) is 5.92 Å². The van der Waals surface area contributed by atoms with Gasteiger partial charge in [0.25, 0.3) is 0 Å². The second-order valence-electron chi connectivity index (χ2n) is 5.29. The minimum absolute atomic E-state index is 0.107. The summed E-state index contributed by atoms with van der Waals surface area (Å²) in [6.07, 6.45) is 0.0304. The smallest absolute Gasteiger partial charge is 0.305 e. The van der Waals surface area contributed by atoms with Gasteiger partial charge in [-0.2, -0.15) is 0 Å². The Labute approximate surface area is 133 Å². The fourth-order valence-corrected chi connectivity index (χ4v) is 2.55. The fraction of sp³-hybridized carbons (Fsp3) is 0.400. The van der Waals surface area contributed by atoms with Gasteiger partial charge in [-0.1, -0.05) is 11.6 Å². The minimum Gasteiger partial charge on any atom is -0.481 e. The number of hydrogen-bond acceptors (Lipinski definition) is 3. The van der Waals surface area contributed by atoms with E-state index in [1.54, 1.807) is 36.2 Å². The summed E-state index contributed by atoms with van der Waals surface area (Å²) in [7, 11) is 1.56. The summed E-state index contributed by atoms with van der Waals surface area (Å²) in [6.45, 7) is 0.441. The van der Waals surface area contributed by atoms with Crippen LogP contribution in [0.5, 0.6) is 0 Å². The number of carboxylic acid groups (broad SMARTS) is 1. The second-order valence-corrected chi connectivity index (χ2v) is 5.72. The zero-order valence-corrected chi connectivity index (χ0v) is 12.9. The van der Waals surface area contributed by atoms with Crippen molar-refractivity contribution in [2.75, 3.05) is 25.0 Å². The third-order valence-electron chi connectivity index (χ3n) is 3.65. The Morgan fingerprint density at radius 1 is 1.36 bits per heavy atom. The molecule has 118 valence electrons. The molecule has 1 heterocycles. The van der Waals surface area contributed by atoms with Crippen LogP contribution in [0.15, 0.2) is 24.3 Å². The van der Waals surface area contributed by atoms with Crippen LogP contribution < -0.4 is 4.90 Å². The van der Waals surface area contributed by atoms with Gasteiger partial charge in [0, 0.05) is 37.3 Å². The van der Waals surface area contributed by atoms with Gasteiger partial charge < -0.3 is 14.9 Å². The number of anilines is 1. The lowest BCUT2D eigenvalue weighted by molar-refractivity contribution is -0.139. The maximum Gasteiger partial charge on any atom is 0.305 e. The van der Waals surface area contributed by atoms with Crippen molar-refractivity contribution in [3.8, 4) is 0 Å². The predicted molar refractivity (Wildman–Crippen MR) is 81.8 cm³/mol. The molecule has 1 N–H and O–H groups in total. The van der Waals surface area contributed by atoms with Crippen molar-refractivity contribution in [1.29, 1.82) is 0 Å². The summed E-state index contributed by atoms with van der Waals surface area (Å²) < 4.78 is 0. The van der Waals surface area contributed by atoms with Gasteiger partial charge in [-0.25, -0.2) is 0 Å². The summed E-state index contributed by atoms with van der Waals surface area (Å²) >= 11 is 5.82. The lowest BCUT2D eigenvalue weighted by Crippen LogP contribution is -2.36. The van der Waals surface area contributed by atoms with E-state index in [2.05, 4.69) is 0 Å². The fourth-order valence-electron chi connectivity index (χ4n) is 2.43. The molecule has 2 amide bonds. The molecule has 22 heavy (non-hydrogen) atoms. The summed E-state index contributed by atoms with van der Waals surface area (Å²) in [6, 6.07) is 6.86. The first-order chi connectivity index (χ1) is 10.4. The molecule has 0 aliphatic carbocycles. The summed E-state index contributed by atoms with van der Waals surface area (Å²) in [5.41, 5.74) is 0.706. The van der Waals surface area contributed by atoms with Gasteiger partial charge in [0.15, 0.2) is 0 Å². The van der Waals surface area contributed by atoms with E-state index >= 15 is 0 Å². The molecular formula is C15H17ClN2O4. The Bertz CT molecular complexity index is 588. The van der Waals surface area contributed by atoms with Crippen LogP contribution in [-0.4, -0.2) is 47.9 Å². The quantitative estimate of drug-likeness (QED) is 0.893. The van der Waals surface area contributed by atoms with Gasteiger partial charge in [0.05, 0.1) is 12.3 Å². The van der Waals surface area contributed by atoms with Crippen LogP contribution in [0.4, 0.5) is 5.69 Å². The van der Waals surface area contributed by atoms with Gasteiger partial charge in [-0.15, -0.1) is 0 Å². The van der Waals surface area contributed by atoms with Crippen molar-refractivity contribution in [3.05, 3.63) is 29.3 Å². The zero-order valence-electron chi connectivity index (χ0n) is 12.2. The predicted octanol–water partition coefficient (Wildman–Crippen LogP) is 1.63. The highest BCUT2D eigenvalue weighted by Crippen LogP contribution is 2.27. The van der Waals surface area contributed by atoms with E-state index in [-0.39, 0.29) is 31.2 Å². The maximum atomic E-state index is 12.3. The van der Waals surface area contributed by atoms with Gasteiger partial charge in [0.2, 0.25) is 11.8 Å². The van der Waals surface area contributed by atoms with Gasteiger partial charge >= 0.3 is 5.97 Å². The van der Waals surface area contributed by atoms with Crippen LogP contribution in [0.2, 0.25) is 5.02 Å². The van der Waals surface area contributed by atoms with Gasteiger partial charge in [-0.3, -0.25) is 14.4 Å². The van der Waals surface area contributed by atoms with Gasteiger partial charge in [0.1, 0.15) is 0 Å². The molecule has 0 saturated carbocycles. The number of carboxylic acids is 1. The van der Waals surface area contributed by atoms with E-state index in [1.807, 2.05) is 0 Å². The summed E-state index contributed by atoms with van der Waals surface area (Å²) in [5.74, 6) is -1.72. The van der Waals surface area contributed by atoms with Gasteiger partial charge in [-0.05, 0) is 24.3 Å². The van der Waals surface area contributed by atoms with Crippen molar-refractivity contribution in [1.82, 2.24) is 4.90 Å². The SMILES string of the molecule is CN(CCC(=O)O)C(=O)C1CC(=O)N(c2ccc(Cl)cc2)C1. The molecule has 1 aliphatic rings. The second kappa shape index (κ2) is 6.79.